The first kappa shape index (κ1) is 19.7. The lowest BCUT2D eigenvalue weighted by molar-refractivity contribution is 0.146. The third-order valence-corrected chi connectivity index (χ3v) is 4.91. The number of fused-ring (bicyclic) bond motifs is 1. The Balaban J connectivity index is 1.91. The Bertz CT molecular complexity index is 1260. The van der Waals surface area contributed by atoms with Crippen molar-refractivity contribution >= 4 is 11.0 Å². The van der Waals surface area contributed by atoms with E-state index in [0.717, 1.165) is 10.9 Å². The minimum Gasteiger partial charge on any atom is -0.505 e. The highest BCUT2D eigenvalue weighted by molar-refractivity contribution is 6.02. The van der Waals surface area contributed by atoms with Crippen LogP contribution < -0.4 is 10.3 Å². The Morgan fingerprint density at radius 1 is 1.07 bits per heavy atom. The second-order valence-electron chi connectivity index (χ2n) is 6.91. The molecule has 0 radical (unpaired) electrons. The van der Waals surface area contributed by atoms with Gasteiger partial charge in [-0.2, -0.15) is 5.10 Å². The van der Waals surface area contributed by atoms with Gasteiger partial charge in [0.25, 0.3) is 5.56 Å². The van der Waals surface area contributed by atoms with E-state index in [1.807, 2.05) is 48.5 Å². The van der Waals surface area contributed by atoms with Gasteiger partial charge in [0.2, 0.25) is 0 Å². The average Bonchev–Trinajstić information content (AvgIpc) is 3.13. The highest BCUT2D eigenvalue weighted by Gasteiger charge is 2.24. The minimum atomic E-state index is -0.398. The van der Waals surface area contributed by atoms with Crippen LogP contribution in [-0.2, 0) is 11.8 Å². The molecule has 0 amide bonds. The maximum atomic E-state index is 12.9. The molecule has 154 valence electrons. The standard InChI is InChI=1S/C23H22N2O5/c1-14-21(26)20(23(27)25(2)24-14)19-17-6-4-5-7-18(17)30-22(19)15-8-10-16(11-9-15)29-13-12-28-3/h4-11,26H,12-13H2,1-3H3. The number of aromatic hydroxyl groups is 1. The highest BCUT2D eigenvalue weighted by atomic mass is 16.5. The van der Waals surface area contributed by atoms with Gasteiger partial charge >= 0.3 is 0 Å². The second-order valence-corrected chi connectivity index (χ2v) is 6.91. The Hall–Kier alpha value is -3.58. The number of furan rings is 1. The Morgan fingerprint density at radius 3 is 2.53 bits per heavy atom. The molecule has 0 aliphatic carbocycles. The molecule has 4 rings (SSSR count). The van der Waals surface area contributed by atoms with Gasteiger partial charge in [0, 0.05) is 30.7 Å². The first-order valence-corrected chi connectivity index (χ1v) is 9.52. The molecule has 0 unspecified atom stereocenters. The highest BCUT2D eigenvalue weighted by Crippen LogP contribution is 2.43. The van der Waals surface area contributed by atoms with Crippen LogP contribution in [-0.4, -0.2) is 35.2 Å². The summed E-state index contributed by atoms with van der Waals surface area (Å²) in [7, 11) is 3.18. The van der Waals surface area contributed by atoms with Gasteiger partial charge < -0.3 is 19.0 Å². The summed E-state index contributed by atoms with van der Waals surface area (Å²) in [6, 6.07) is 14.8. The molecule has 1 N–H and O–H groups in total. The fourth-order valence-electron chi connectivity index (χ4n) is 3.43. The molecule has 0 saturated heterocycles. The number of rotatable bonds is 6. The molecule has 7 nitrogen and oxygen atoms in total. The molecule has 0 atom stereocenters. The van der Waals surface area contributed by atoms with Gasteiger partial charge in [-0.1, -0.05) is 18.2 Å². The van der Waals surface area contributed by atoms with E-state index in [1.165, 1.54) is 4.68 Å². The number of aromatic nitrogens is 2. The van der Waals surface area contributed by atoms with Gasteiger partial charge in [-0.05, 0) is 37.3 Å². The van der Waals surface area contributed by atoms with Crippen LogP contribution >= 0.6 is 0 Å². The summed E-state index contributed by atoms with van der Waals surface area (Å²) in [6.45, 7) is 2.61. The zero-order valence-corrected chi connectivity index (χ0v) is 17.0. The molecule has 0 bridgehead atoms. The molecule has 0 fully saturated rings. The van der Waals surface area contributed by atoms with Crippen molar-refractivity contribution in [2.24, 2.45) is 7.05 Å². The second kappa shape index (κ2) is 8.04. The molecule has 0 spiro atoms. The van der Waals surface area contributed by atoms with Crippen LogP contribution in [0, 0.1) is 6.92 Å². The average molecular weight is 406 g/mol. The van der Waals surface area contributed by atoms with Crippen LogP contribution in [0.15, 0.2) is 57.7 Å². The van der Waals surface area contributed by atoms with Crippen LogP contribution in [0.2, 0.25) is 0 Å². The van der Waals surface area contributed by atoms with E-state index < -0.39 is 5.56 Å². The fourth-order valence-corrected chi connectivity index (χ4v) is 3.43. The van der Waals surface area contributed by atoms with Crippen molar-refractivity contribution in [3.63, 3.8) is 0 Å². The van der Waals surface area contributed by atoms with E-state index in [2.05, 4.69) is 5.10 Å². The molecule has 2 aromatic heterocycles. The molecular weight excluding hydrogens is 384 g/mol. The van der Waals surface area contributed by atoms with Crippen LogP contribution in [0.5, 0.6) is 11.5 Å². The number of aryl methyl sites for hydroxylation is 2. The van der Waals surface area contributed by atoms with E-state index in [0.29, 0.717) is 41.6 Å². The van der Waals surface area contributed by atoms with Gasteiger partial charge in [-0.25, -0.2) is 4.68 Å². The molecule has 7 heteroatoms. The predicted octanol–water partition coefficient (Wildman–Crippen LogP) is 3.90. The van der Waals surface area contributed by atoms with Crippen molar-refractivity contribution in [2.75, 3.05) is 20.3 Å². The van der Waals surface area contributed by atoms with E-state index >= 15 is 0 Å². The zero-order valence-electron chi connectivity index (χ0n) is 17.0. The van der Waals surface area contributed by atoms with Crippen LogP contribution in [0.4, 0.5) is 0 Å². The topological polar surface area (TPSA) is 86.7 Å². The van der Waals surface area contributed by atoms with Crippen molar-refractivity contribution in [1.29, 1.82) is 0 Å². The van der Waals surface area contributed by atoms with Gasteiger partial charge in [-0.3, -0.25) is 4.79 Å². The zero-order chi connectivity index (χ0) is 21.3. The Labute approximate surface area is 173 Å². The maximum Gasteiger partial charge on any atom is 0.278 e. The molecule has 0 aliphatic rings. The monoisotopic (exact) mass is 406 g/mol. The molecule has 0 saturated carbocycles. The number of nitrogens with zero attached hydrogens (tertiary/aromatic N) is 2. The lowest BCUT2D eigenvalue weighted by Gasteiger charge is -2.10. The van der Waals surface area contributed by atoms with Gasteiger partial charge in [0.1, 0.15) is 29.4 Å². The smallest absolute Gasteiger partial charge is 0.278 e. The van der Waals surface area contributed by atoms with Crippen molar-refractivity contribution < 1.29 is 19.0 Å². The van der Waals surface area contributed by atoms with Crippen molar-refractivity contribution in [1.82, 2.24) is 9.78 Å². The lowest BCUT2D eigenvalue weighted by Crippen LogP contribution is -2.22. The minimum absolute atomic E-state index is 0.148. The van der Waals surface area contributed by atoms with Crippen molar-refractivity contribution in [2.45, 2.75) is 6.92 Å². The van der Waals surface area contributed by atoms with E-state index in [-0.39, 0.29) is 11.3 Å². The summed E-state index contributed by atoms with van der Waals surface area (Å²) in [5.41, 5.74) is 2.07. The first-order valence-electron chi connectivity index (χ1n) is 9.52. The molecule has 4 aromatic rings. The van der Waals surface area contributed by atoms with E-state index in [1.54, 1.807) is 21.1 Å². The van der Waals surface area contributed by atoms with Crippen LogP contribution in [0.1, 0.15) is 5.69 Å². The Morgan fingerprint density at radius 2 is 1.80 bits per heavy atom. The lowest BCUT2D eigenvalue weighted by atomic mass is 9.98. The Kier molecular flexibility index (Phi) is 5.29. The predicted molar refractivity (Wildman–Crippen MR) is 114 cm³/mol. The number of benzene rings is 2. The van der Waals surface area contributed by atoms with Crippen LogP contribution in [0.3, 0.4) is 0 Å². The van der Waals surface area contributed by atoms with E-state index in [4.69, 9.17) is 13.9 Å². The summed E-state index contributed by atoms with van der Waals surface area (Å²) in [5.74, 6) is 1.05. The molecule has 2 aromatic carbocycles. The van der Waals surface area contributed by atoms with Crippen molar-refractivity contribution in [3.8, 4) is 33.9 Å². The first-order chi connectivity index (χ1) is 14.5. The molecular formula is C23H22N2O5. The number of methoxy groups -OCH3 is 1. The normalized spacial score (nSPS) is 11.2. The number of hydrogen-bond acceptors (Lipinski definition) is 6. The largest absolute Gasteiger partial charge is 0.505 e. The van der Waals surface area contributed by atoms with Crippen LogP contribution in [0.25, 0.3) is 33.4 Å². The fraction of sp³-hybridized carbons (Fsp3) is 0.217. The number of para-hydroxylation sites is 1. The van der Waals surface area contributed by atoms with E-state index in [9.17, 15) is 9.90 Å². The summed E-state index contributed by atoms with van der Waals surface area (Å²) in [4.78, 5) is 12.9. The molecule has 30 heavy (non-hydrogen) atoms. The van der Waals surface area contributed by atoms with Gasteiger partial charge in [-0.15, -0.1) is 0 Å². The molecule has 0 aliphatic heterocycles. The van der Waals surface area contributed by atoms with Crippen molar-refractivity contribution in [3.05, 3.63) is 64.6 Å². The quantitative estimate of drug-likeness (QED) is 0.489. The third kappa shape index (κ3) is 3.44. The summed E-state index contributed by atoms with van der Waals surface area (Å²) in [6.07, 6.45) is 0. The van der Waals surface area contributed by atoms with Gasteiger partial charge in [0.15, 0.2) is 5.75 Å². The SMILES string of the molecule is COCCOc1ccc(-c2oc3ccccc3c2-c2c(O)c(C)nn(C)c2=O)cc1. The number of ether oxygens (including phenoxy) is 2. The summed E-state index contributed by atoms with van der Waals surface area (Å²) in [5, 5.41) is 15.5. The molecule has 2 heterocycles. The third-order valence-electron chi connectivity index (χ3n) is 4.91. The van der Waals surface area contributed by atoms with Gasteiger partial charge in [0.05, 0.1) is 12.2 Å². The maximum absolute atomic E-state index is 12.9. The summed E-state index contributed by atoms with van der Waals surface area (Å²) >= 11 is 0. The summed E-state index contributed by atoms with van der Waals surface area (Å²) < 4.78 is 18.0. The number of hydrogen-bond donors (Lipinski definition) is 1.